The predicted molar refractivity (Wildman–Crippen MR) is 121 cm³/mol. The van der Waals surface area contributed by atoms with Crippen molar-refractivity contribution in [1.82, 2.24) is 4.98 Å². The molecule has 0 spiro atoms. The van der Waals surface area contributed by atoms with Crippen LogP contribution in [0.1, 0.15) is 64.7 Å². The third-order valence-electron chi connectivity index (χ3n) is 9.59. The van der Waals surface area contributed by atoms with Crippen LogP contribution in [0.4, 0.5) is 0 Å². The van der Waals surface area contributed by atoms with Gasteiger partial charge in [0, 0.05) is 25.8 Å². The number of hydrogen-bond donors (Lipinski definition) is 0. The van der Waals surface area contributed by atoms with E-state index in [1.807, 2.05) is 25.3 Å². The number of carbonyl (C=O) groups excluding carboxylic acids is 1. The molecule has 0 bridgehead atoms. The van der Waals surface area contributed by atoms with E-state index in [0.717, 1.165) is 53.6 Å². The van der Waals surface area contributed by atoms with E-state index in [-0.39, 0.29) is 11.3 Å². The van der Waals surface area contributed by atoms with Crippen molar-refractivity contribution in [2.45, 2.75) is 69.7 Å². The summed E-state index contributed by atoms with van der Waals surface area (Å²) in [5.41, 5.74) is 0.208. The topological polar surface area (TPSA) is 39.2 Å². The summed E-state index contributed by atoms with van der Waals surface area (Å²) in [6, 6.07) is 5.87. The summed E-state index contributed by atoms with van der Waals surface area (Å²) in [7, 11) is 1.86. The molecule has 1 aromatic heterocycles. The number of aromatic nitrogens is 1. The Balaban J connectivity index is 1.28. The highest BCUT2D eigenvalue weighted by Gasteiger charge is 2.58. The fraction of sp³-hybridized carbons (Fsp3) is 0.769. The molecular weight excluding hydrogens is 390 g/mol. The number of fused-ring (bicyclic) bond motifs is 5. The monoisotopic (exact) mass is 427 g/mol. The molecule has 8 unspecified atom stereocenters. The minimum absolute atomic E-state index is 0.208. The van der Waals surface area contributed by atoms with Gasteiger partial charge >= 0.3 is 0 Å². The maximum Gasteiger partial charge on any atom is 0.198 e. The molecule has 4 fully saturated rings. The fourth-order valence-corrected chi connectivity index (χ4v) is 9.30. The molecule has 30 heavy (non-hydrogen) atoms. The number of carbonyl (C=O) groups is 1. The molecule has 0 aliphatic heterocycles. The summed E-state index contributed by atoms with van der Waals surface area (Å²) in [4.78, 5) is 17.7. The zero-order valence-electron chi connectivity index (χ0n) is 18.6. The molecule has 164 valence electrons. The van der Waals surface area contributed by atoms with Gasteiger partial charge in [-0.05, 0) is 123 Å². The Bertz CT molecular complexity index is 755. The second-order valence-electron chi connectivity index (χ2n) is 10.8. The van der Waals surface area contributed by atoms with E-state index < -0.39 is 0 Å². The van der Waals surface area contributed by atoms with Gasteiger partial charge in [0.15, 0.2) is 5.12 Å². The average Bonchev–Trinajstić information content (AvgIpc) is 3.12. The summed E-state index contributed by atoms with van der Waals surface area (Å²) in [5.74, 6) is 5.42. The van der Waals surface area contributed by atoms with E-state index in [1.54, 1.807) is 6.20 Å². The van der Waals surface area contributed by atoms with Crippen LogP contribution >= 0.6 is 11.8 Å². The van der Waals surface area contributed by atoms with Crippen molar-refractivity contribution in [3.05, 3.63) is 24.4 Å². The molecule has 4 aliphatic rings. The first-order valence-electron chi connectivity index (χ1n) is 12.2. The third kappa shape index (κ3) is 3.66. The Labute approximate surface area is 186 Å². The quantitative estimate of drug-likeness (QED) is 0.534. The number of nitrogens with zero attached hydrogens (tertiary/aromatic N) is 1. The van der Waals surface area contributed by atoms with Gasteiger partial charge in [-0.3, -0.25) is 4.79 Å². The number of thioether (sulfide) groups is 1. The Morgan fingerprint density at radius 3 is 2.77 bits per heavy atom. The van der Waals surface area contributed by atoms with Crippen LogP contribution in [0.2, 0.25) is 0 Å². The molecule has 3 nitrogen and oxygen atoms in total. The van der Waals surface area contributed by atoms with E-state index >= 15 is 0 Å². The van der Waals surface area contributed by atoms with Crippen LogP contribution in [0.5, 0.6) is 0 Å². The molecule has 4 saturated carbocycles. The molecule has 4 heteroatoms. The molecule has 0 N–H and O–H groups in total. The lowest BCUT2D eigenvalue weighted by molar-refractivity contribution is -0.122. The Hall–Kier alpha value is -0.870. The van der Waals surface area contributed by atoms with Gasteiger partial charge in [-0.2, -0.15) is 0 Å². The predicted octanol–water partition coefficient (Wildman–Crippen LogP) is 6.23. The lowest BCUT2D eigenvalue weighted by Crippen LogP contribution is -2.49. The van der Waals surface area contributed by atoms with Gasteiger partial charge in [0.25, 0.3) is 0 Å². The number of methoxy groups -OCH3 is 1. The van der Waals surface area contributed by atoms with Crippen LogP contribution < -0.4 is 0 Å². The maximum atomic E-state index is 13.3. The van der Waals surface area contributed by atoms with Crippen LogP contribution in [0.3, 0.4) is 0 Å². The van der Waals surface area contributed by atoms with Crippen molar-refractivity contribution in [3.8, 4) is 0 Å². The zero-order valence-corrected chi connectivity index (χ0v) is 19.4. The molecule has 4 aliphatic carbocycles. The van der Waals surface area contributed by atoms with Crippen LogP contribution in [-0.2, 0) is 9.53 Å². The van der Waals surface area contributed by atoms with E-state index in [0.29, 0.717) is 5.12 Å². The Morgan fingerprint density at radius 2 is 1.97 bits per heavy atom. The van der Waals surface area contributed by atoms with E-state index in [4.69, 9.17) is 4.74 Å². The fourth-order valence-electron chi connectivity index (χ4n) is 8.31. The summed E-state index contributed by atoms with van der Waals surface area (Å²) in [6.07, 6.45) is 13.7. The third-order valence-corrected chi connectivity index (χ3v) is 10.5. The molecule has 0 saturated heterocycles. The second kappa shape index (κ2) is 8.58. The zero-order chi connectivity index (χ0) is 20.7. The summed E-state index contributed by atoms with van der Waals surface area (Å²) < 4.78 is 5.48. The minimum atomic E-state index is 0.208. The minimum Gasteiger partial charge on any atom is -0.384 e. The van der Waals surface area contributed by atoms with Gasteiger partial charge in [0.1, 0.15) is 5.03 Å². The smallest absolute Gasteiger partial charge is 0.198 e. The van der Waals surface area contributed by atoms with Crippen LogP contribution in [0, 0.1) is 46.8 Å². The van der Waals surface area contributed by atoms with Crippen molar-refractivity contribution < 1.29 is 9.53 Å². The molecule has 8 atom stereocenters. The Kier molecular flexibility index (Phi) is 6.00. The first kappa shape index (κ1) is 21.0. The molecule has 1 heterocycles. The number of pyridine rings is 1. The standard InChI is InChI=1S/C26H37NO2S/c1-26-13-12-20-19-8-6-17(16-29-2)15-18(19)7-9-21(20)22(26)10-11-23(26)25(28)30-24-5-3-4-14-27-24/h3-5,14,17-23H,6-13,15-16H2,1-2H3. The molecular formula is C26H37NO2S. The lowest BCUT2D eigenvalue weighted by atomic mass is 9.49. The largest absolute Gasteiger partial charge is 0.384 e. The molecule has 5 rings (SSSR count). The van der Waals surface area contributed by atoms with Gasteiger partial charge in [0.2, 0.25) is 0 Å². The second-order valence-corrected chi connectivity index (χ2v) is 11.9. The first-order valence-corrected chi connectivity index (χ1v) is 13.0. The highest BCUT2D eigenvalue weighted by molar-refractivity contribution is 8.13. The van der Waals surface area contributed by atoms with E-state index in [1.165, 1.54) is 63.1 Å². The van der Waals surface area contributed by atoms with Gasteiger partial charge in [-0.15, -0.1) is 0 Å². The Morgan fingerprint density at radius 1 is 1.10 bits per heavy atom. The van der Waals surface area contributed by atoms with Crippen molar-refractivity contribution in [2.75, 3.05) is 13.7 Å². The SMILES string of the molecule is COCC1CCC2C(CCC3C2CCC2(C)C(C(=O)Sc4ccccn4)CCC32)C1. The highest BCUT2D eigenvalue weighted by atomic mass is 32.2. The van der Waals surface area contributed by atoms with Crippen molar-refractivity contribution in [2.24, 2.45) is 46.8 Å². The van der Waals surface area contributed by atoms with Crippen LogP contribution in [0.25, 0.3) is 0 Å². The molecule has 0 amide bonds. The van der Waals surface area contributed by atoms with Gasteiger partial charge in [0.05, 0.1) is 0 Å². The number of rotatable bonds is 4. The first-order chi connectivity index (χ1) is 14.6. The maximum absolute atomic E-state index is 13.3. The van der Waals surface area contributed by atoms with Crippen molar-refractivity contribution >= 4 is 16.9 Å². The number of hydrogen-bond acceptors (Lipinski definition) is 4. The summed E-state index contributed by atoms with van der Waals surface area (Å²) in [5, 5.41) is 1.22. The number of ether oxygens (including phenoxy) is 1. The van der Waals surface area contributed by atoms with Gasteiger partial charge in [-0.25, -0.2) is 4.98 Å². The van der Waals surface area contributed by atoms with Crippen LogP contribution in [0.15, 0.2) is 29.4 Å². The van der Waals surface area contributed by atoms with Gasteiger partial charge in [-0.1, -0.05) is 13.0 Å². The van der Waals surface area contributed by atoms with Crippen LogP contribution in [-0.4, -0.2) is 23.8 Å². The summed E-state index contributed by atoms with van der Waals surface area (Å²) in [6.45, 7) is 3.42. The average molecular weight is 428 g/mol. The molecule has 1 aromatic rings. The van der Waals surface area contributed by atoms with Crippen molar-refractivity contribution in [3.63, 3.8) is 0 Å². The molecule has 0 aromatic carbocycles. The van der Waals surface area contributed by atoms with E-state index in [9.17, 15) is 4.79 Å². The highest BCUT2D eigenvalue weighted by Crippen LogP contribution is 2.65. The molecule has 0 radical (unpaired) electrons. The lowest BCUT2D eigenvalue weighted by Gasteiger charge is -2.56. The van der Waals surface area contributed by atoms with Crippen molar-refractivity contribution in [1.29, 1.82) is 0 Å². The van der Waals surface area contributed by atoms with Gasteiger partial charge < -0.3 is 4.74 Å². The normalized spacial score (nSPS) is 42.8. The summed E-state index contributed by atoms with van der Waals surface area (Å²) >= 11 is 1.39. The van der Waals surface area contributed by atoms with E-state index in [2.05, 4.69) is 11.9 Å².